The van der Waals surface area contributed by atoms with Crippen molar-refractivity contribution >= 4 is 23.6 Å². The van der Waals surface area contributed by atoms with Gasteiger partial charge in [0.15, 0.2) is 5.82 Å². The van der Waals surface area contributed by atoms with Crippen LogP contribution in [0.4, 0.5) is 5.82 Å². The summed E-state index contributed by atoms with van der Waals surface area (Å²) in [4.78, 5) is 36.5. The topological polar surface area (TPSA) is 113 Å². The summed E-state index contributed by atoms with van der Waals surface area (Å²) in [5.74, 6) is -0.823. The number of hydrogen-bond donors (Lipinski definition) is 2. The summed E-state index contributed by atoms with van der Waals surface area (Å²) in [6.07, 6.45) is 0.396. The van der Waals surface area contributed by atoms with Crippen LogP contribution < -0.4 is 5.32 Å². The molecule has 0 aliphatic carbocycles. The lowest BCUT2D eigenvalue weighted by Gasteiger charge is -2.16. The molecule has 2 amide bonds. The Morgan fingerprint density at radius 1 is 1.28 bits per heavy atom. The van der Waals surface area contributed by atoms with E-state index in [1.54, 1.807) is 31.2 Å². The number of anilines is 1. The molecule has 0 saturated carbocycles. The van der Waals surface area contributed by atoms with Crippen LogP contribution >= 0.6 is 0 Å². The third kappa shape index (κ3) is 5.17. The molecule has 0 aliphatic rings. The Hall–Kier alpha value is -3.16. The van der Waals surface area contributed by atoms with Crippen LogP contribution in [0.25, 0.3) is 0 Å². The predicted octanol–water partition coefficient (Wildman–Crippen LogP) is 1.71. The van der Waals surface area contributed by atoms with Gasteiger partial charge >= 0.3 is 5.97 Å². The van der Waals surface area contributed by atoms with Gasteiger partial charge in [-0.2, -0.15) is 0 Å². The fourth-order valence-electron chi connectivity index (χ4n) is 2.29. The fourth-order valence-corrected chi connectivity index (χ4v) is 2.29. The first-order chi connectivity index (χ1) is 11.9. The van der Waals surface area contributed by atoms with E-state index in [0.717, 1.165) is 0 Å². The molecule has 0 fully saturated rings. The highest BCUT2D eigenvalue weighted by Crippen LogP contribution is 2.12. The van der Waals surface area contributed by atoms with Crippen LogP contribution in [-0.4, -0.2) is 46.5 Å². The molecule has 0 bridgehead atoms. The Bertz CT molecular complexity index is 784. The van der Waals surface area contributed by atoms with Crippen LogP contribution in [0.5, 0.6) is 0 Å². The summed E-state index contributed by atoms with van der Waals surface area (Å²) in [6.45, 7) is 1.57. The average molecular weight is 345 g/mol. The smallest absolute Gasteiger partial charge is 0.335 e. The van der Waals surface area contributed by atoms with Crippen LogP contribution in [0.15, 0.2) is 34.9 Å². The summed E-state index contributed by atoms with van der Waals surface area (Å²) in [5, 5.41) is 15.3. The van der Waals surface area contributed by atoms with Crippen LogP contribution in [-0.2, 0) is 16.0 Å². The maximum absolute atomic E-state index is 12.2. The largest absolute Gasteiger partial charge is 0.478 e. The van der Waals surface area contributed by atoms with E-state index in [4.69, 9.17) is 9.63 Å². The van der Waals surface area contributed by atoms with Gasteiger partial charge in [0.25, 0.3) is 0 Å². The second kappa shape index (κ2) is 8.09. The van der Waals surface area contributed by atoms with Gasteiger partial charge in [0.1, 0.15) is 5.76 Å². The molecule has 1 aromatic carbocycles. The van der Waals surface area contributed by atoms with Gasteiger partial charge in [-0.3, -0.25) is 9.59 Å². The summed E-state index contributed by atoms with van der Waals surface area (Å²) in [6, 6.07) is 8.11. The molecule has 2 N–H and O–H groups in total. The van der Waals surface area contributed by atoms with Crippen molar-refractivity contribution in [2.75, 3.05) is 18.9 Å². The molecular weight excluding hydrogens is 326 g/mol. The monoisotopic (exact) mass is 345 g/mol. The lowest BCUT2D eigenvalue weighted by Crippen LogP contribution is -2.35. The van der Waals surface area contributed by atoms with Gasteiger partial charge in [-0.1, -0.05) is 23.4 Å². The molecule has 0 saturated heterocycles. The number of nitrogens with one attached hydrogen (secondary N) is 1. The molecule has 0 atom stereocenters. The Balaban J connectivity index is 1.86. The molecule has 1 heterocycles. The van der Waals surface area contributed by atoms with Gasteiger partial charge in [-0.25, -0.2) is 4.79 Å². The molecule has 25 heavy (non-hydrogen) atoms. The minimum absolute atomic E-state index is 0.108. The zero-order valence-corrected chi connectivity index (χ0v) is 14.0. The number of carboxylic acid groups (broad SMARTS) is 1. The third-order valence-corrected chi connectivity index (χ3v) is 3.56. The Labute approximate surface area is 144 Å². The summed E-state index contributed by atoms with van der Waals surface area (Å²) < 4.78 is 4.84. The number of aryl methyl sites for hydroxylation is 2. The van der Waals surface area contributed by atoms with Gasteiger partial charge in [0, 0.05) is 19.5 Å². The van der Waals surface area contributed by atoms with E-state index in [1.165, 1.54) is 18.0 Å². The summed E-state index contributed by atoms with van der Waals surface area (Å²) >= 11 is 0. The van der Waals surface area contributed by atoms with Crippen molar-refractivity contribution in [2.45, 2.75) is 19.8 Å². The van der Waals surface area contributed by atoms with Crippen LogP contribution in [0.3, 0.4) is 0 Å². The quantitative estimate of drug-likeness (QED) is 0.790. The maximum atomic E-state index is 12.2. The minimum Gasteiger partial charge on any atom is -0.478 e. The standard InChI is InChI=1S/C17H19N3O5/c1-11-9-14(19-25-11)18-15(21)10-20(2)16(22)8-7-12-5-3-4-6-13(12)17(23)24/h3-6,9H,7-8,10H2,1-2H3,(H,23,24)(H,18,19,21). The van der Waals surface area contributed by atoms with Crippen molar-refractivity contribution in [3.05, 3.63) is 47.2 Å². The number of carbonyl (C=O) groups excluding carboxylic acids is 2. The highest BCUT2D eigenvalue weighted by molar-refractivity contribution is 5.94. The van der Waals surface area contributed by atoms with Crippen LogP contribution in [0, 0.1) is 6.92 Å². The first-order valence-corrected chi connectivity index (χ1v) is 7.65. The van der Waals surface area contributed by atoms with Crippen LogP contribution in [0.1, 0.15) is 28.1 Å². The van der Waals surface area contributed by atoms with E-state index in [0.29, 0.717) is 17.1 Å². The van der Waals surface area contributed by atoms with Gasteiger partial charge in [0.2, 0.25) is 11.8 Å². The Morgan fingerprint density at radius 3 is 2.64 bits per heavy atom. The number of aromatic nitrogens is 1. The van der Waals surface area contributed by atoms with E-state index in [-0.39, 0.29) is 30.9 Å². The molecule has 0 unspecified atom stereocenters. The van der Waals surface area contributed by atoms with Gasteiger partial charge in [-0.15, -0.1) is 0 Å². The number of nitrogens with zero attached hydrogens (tertiary/aromatic N) is 2. The average Bonchev–Trinajstić information content (AvgIpc) is 2.97. The zero-order chi connectivity index (χ0) is 18.4. The van der Waals surface area contributed by atoms with E-state index in [9.17, 15) is 14.4 Å². The normalized spacial score (nSPS) is 10.3. The van der Waals surface area contributed by atoms with Gasteiger partial charge in [-0.05, 0) is 25.0 Å². The molecule has 0 aliphatic heterocycles. The van der Waals surface area contributed by atoms with E-state index in [2.05, 4.69) is 10.5 Å². The second-order valence-electron chi connectivity index (χ2n) is 5.58. The molecule has 2 rings (SSSR count). The number of aromatic carboxylic acids is 1. The maximum Gasteiger partial charge on any atom is 0.335 e. The van der Waals surface area contributed by atoms with Gasteiger partial charge in [0.05, 0.1) is 12.1 Å². The predicted molar refractivity (Wildman–Crippen MR) is 89.2 cm³/mol. The van der Waals surface area contributed by atoms with Crippen molar-refractivity contribution in [2.24, 2.45) is 0 Å². The number of carboxylic acids is 1. The van der Waals surface area contributed by atoms with Crippen LogP contribution in [0.2, 0.25) is 0 Å². The molecular formula is C17H19N3O5. The molecule has 0 radical (unpaired) electrons. The Morgan fingerprint density at radius 2 is 2.00 bits per heavy atom. The molecule has 8 heteroatoms. The van der Waals surface area contributed by atoms with Crippen molar-refractivity contribution in [1.29, 1.82) is 0 Å². The van der Waals surface area contributed by atoms with Gasteiger partial charge < -0.3 is 19.8 Å². The summed E-state index contributed by atoms with van der Waals surface area (Å²) in [7, 11) is 1.51. The number of carbonyl (C=O) groups is 3. The highest BCUT2D eigenvalue weighted by Gasteiger charge is 2.16. The van der Waals surface area contributed by atoms with Crippen molar-refractivity contribution in [3.63, 3.8) is 0 Å². The fraction of sp³-hybridized carbons (Fsp3) is 0.294. The number of likely N-dealkylation sites (N-methyl/N-ethyl adjacent to an activating group) is 1. The van der Waals surface area contributed by atoms with E-state index < -0.39 is 11.9 Å². The molecule has 132 valence electrons. The summed E-state index contributed by atoms with van der Waals surface area (Å²) in [5.41, 5.74) is 0.761. The lowest BCUT2D eigenvalue weighted by molar-refractivity contribution is -0.133. The molecule has 2 aromatic rings. The first kappa shape index (κ1) is 18.2. The second-order valence-corrected chi connectivity index (χ2v) is 5.58. The van der Waals surface area contributed by atoms with Crippen molar-refractivity contribution in [3.8, 4) is 0 Å². The minimum atomic E-state index is -1.03. The number of amides is 2. The van der Waals surface area contributed by atoms with Crippen molar-refractivity contribution in [1.82, 2.24) is 10.1 Å². The van der Waals surface area contributed by atoms with E-state index >= 15 is 0 Å². The number of hydrogen-bond acceptors (Lipinski definition) is 5. The highest BCUT2D eigenvalue weighted by atomic mass is 16.5. The SMILES string of the molecule is Cc1cc(NC(=O)CN(C)C(=O)CCc2ccccc2C(=O)O)no1. The number of rotatable bonds is 7. The molecule has 8 nitrogen and oxygen atoms in total. The van der Waals surface area contributed by atoms with E-state index in [1.807, 2.05) is 0 Å². The van der Waals surface area contributed by atoms with Crippen molar-refractivity contribution < 1.29 is 24.0 Å². The Kier molecular flexibility index (Phi) is 5.89. The number of benzene rings is 1. The first-order valence-electron chi connectivity index (χ1n) is 7.65. The third-order valence-electron chi connectivity index (χ3n) is 3.56. The zero-order valence-electron chi connectivity index (χ0n) is 14.0. The lowest BCUT2D eigenvalue weighted by atomic mass is 10.0. The molecule has 1 aromatic heterocycles. The molecule has 0 spiro atoms.